The highest BCUT2D eigenvalue weighted by Crippen LogP contribution is 2.17. The zero-order valence-corrected chi connectivity index (χ0v) is 12.8. The summed E-state index contributed by atoms with van der Waals surface area (Å²) in [4.78, 5) is 14.0. The Bertz CT molecular complexity index is 441. The van der Waals surface area contributed by atoms with Gasteiger partial charge in [-0.15, -0.1) is 0 Å². The summed E-state index contributed by atoms with van der Waals surface area (Å²) in [6.07, 6.45) is 2.06. The molecular weight excluding hydrogens is 268 g/mol. The maximum absolute atomic E-state index is 12.2. The van der Waals surface area contributed by atoms with Crippen molar-refractivity contribution in [1.82, 2.24) is 10.2 Å². The Hall–Kier alpha value is -1.75. The number of nitrogens with one attached hydrogen (secondary N) is 1. The number of ether oxygens (including phenoxy) is 2. The lowest BCUT2D eigenvalue weighted by Crippen LogP contribution is -2.42. The van der Waals surface area contributed by atoms with Gasteiger partial charge in [-0.3, -0.25) is 4.79 Å². The number of carbonyl (C=O) groups is 1. The highest BCUT2D eigenvalue weighted by molar-refractivity contribution is 5.78. The van der Waals surface area contributed by atoms with E-state index >= 15 is 0 Å². The number of likely N-dealkylation sites (N-methyl/N-ethyl adjacent to an activating group) is 1. The highest BCUT2D eigenvalue weighted by Gasteiger charge is 2.23. The zero-order chi connectivity index (χ0) is 15.1. The fourth-order valence-electron chi connectivity index (χ4n) is 2.46. The number of hydrogen-bond donors (Lipinski definition) is 1. The Kier molecular flexibility index (Phi) is 5.87. The molecule has 2 rings (SSSR count). The summed E-state index contributed by atoms with van der Waals surface area (Å²) in [6, 6.07) is 7.45. The first-order valence-electron chi connectivity index (χ1n) is 7.43. The molecule has 0 radical (unpaired) electrons. The van der Waals surface area contributed by atoms with Crippen molar-refractivity contribution < 1.29 is 14.3 Å². The van der Waals surface area contributed by atoms with Gasteiger partial charge in [-0.1, -0.05) is 0 Å². The average molecular weight is 292 g/mol. The number of hydrogen-bond acceptors (Lipinski definition) is 4. The average Bonchev–Trinajstić information content (AvgIpc) is 2.55. The predicted molar refractivity (Wildman–Crippen MR) is 81.7 cm³/mol. The molecule has 0 unspecified atom stereocenters. The molecule has 116 valence electrons. The van der Waals surface area contributed by atoms with E-state index < -0.39 is 0 Å². The Morgan fingerprint density at radius 2 is 2.05 bits per heavy atom. The summed E-state index contributed by atoms with van der Waals surface area (Å²) in [5.74, 6) is 1.92. The van der Waals surface area contributed by atoms with Crippen LogP contribution >= 0.6 is 0 Å². The van der Waals surface area contributed by atoms with Gasteiger partial charge in [-0.2, -0.15) is 0 Å². The molecule has 1 aromatic carbocycles. The molecule has 0 spiro atoms. The third-order valence-corrected chi connectivity index (χ3v) is 3.78. The van der Waals surface area contributed by atoms with Gasteiger partial charge in [0, 0.05) is 13.6 Å². The minimum absolute atomic E-state index is 0.115. The summed E-state index contributed by atoms with van der Waals surface area (Å²) in [5, 5.41) is 3.27. The molecule has 1 aromatic rings. The molecule has 0 aromatic heterocycles. The lowest BCUT2D eigenvalue weighted by molar-refractivity contribution is -0.135. The van der Waals surface area contributed by atoms with Gasteiger partial charge < -0.3 is 19.7 Å². The smallest absolute Gasteiger partial charge is 0.226 e. The molecule has 1 N–H and O–H groups in total. The Morgan fingerprint density at radius 1 is 1.33 bits per heavy atom. The van der Waals surface area contributed by atoms with Crippen molar-refractivity contribution in [2.24, 2.45) is 5.92 Å². The van der Waals surface area contributed by atoms with Gasteiger partial charge in [0.05, 0.1) is 19.6 Å². The van der Waals surface area contributed by atoms with E-state index in [9.17, 15) is 4.79 Å². The van der Waals surface area contributed by atoms with Crippen LogP contribution in [0.4, 0.5) is 0 Å². The van der Waals surface area contributed by atoms with Crippen LogP contribution in [0.5, 0.6) is 11.5 Å². The van der Waals surface area contributed by atoms with Crippen molar-refractivity contribution in [3.63, 3.8) is 0 Å². The number of amides is 1. The lowest BCUT2D eigenvalue weighted by Gasteiger charge is -2.27. The van der Waals surface area contributed by atoms with E-state index in [4.69, 9.17) is 9.47 Å². The molecule has 21 heavy (non-hydrogen) atoms. The molecule has 0 saturated carbocycles. The Balaban J connectivity index is 1.72. The quantitative estimate of drug-likeness (QED) is 0.864. The summed E-state index contributed by atoms with van der Waals surface area (Å²) in [7, 11) is 3.48. The summed E-state index contributed by atoms with van der Waals surface area (Å²) in [5.41, 5.74) is 0. The third kappa shape index (κ3) is 4.63. The van der Waals surface area contributed by atoms with Crippen LogP contribution in [-0.4, -0.2) is 51.2 Å². The van der Waals surface area contributed by atoms with Gasteiger partial charge in [0.2, 0.25) is 5.91 Å². The van der Waals surface area contributed by atoms with E-state index in [0.717, 1.165) is 37.4 Å². The molecule has 0 aliphatic carbocycles. The van der Waals surface area contributed by atoms with Crippen molar-refractivity contribution in [2.75, 3.05) is 40.4 Å². The number of methoxy groups -OCH3 is 1. The van der Waals surface area contributed by atoms with Crippen molar-refractivity contribution in [3.05, 3.63) is 24.3 Å². The van der Waals surface area contributed by atoms with Crippen LogP contribution in [0.3, 0.4) is 0 Å². The van der Waals surface area contributed by atoms with Crippen LogP contribution in [0.25, 0.3) is 0 Å². The third-order valence-electron chi connectivity index (χ3n) is 3.78. The lowest BCUT2D eigenvalue weighted by atomic mass is 9.98. The molecule has 5 heteroatoms. The molecule has 1 atom stereocenters. The van der Waals surface area contributed by atoms with E-state index in [1.165, 1.54) is 0 Å². The van der Waals surface area contributed by atoms with Crippen molar-refractivity contribution in [3.8, 4) is 11.5 Å². The molecule has 1 aliphatic rings. The predicted octanol–water partition coefficient (Wildman–Crippen LogP) is 1.53. The van der Waals surface area contributed by atoms with Crippen molar-refractivity contribution in [2.45, 2.75) is 12.8 Å². The molecule has 0 bridgehead atoms. The number of benzene rings is 1. The second-order valence-electron chi connectivity index (χ2n) is 5.33. The minimum atomic E-state index is 0.115. The van der Waals surface area contributed by atoms with Gasteiger partial charge in [0.25, 0.3) is 0 Å². The number of carbonyl (C=O) groups excluding carboxylic acids is 1. The maximum Gasteiger partial charge on any atom is 0.226 e. The monoisotopic (exact) mass is 292 g/mol. The van der Waals surface area contributed by atoms with E-state index in [1.54, 1.807) is 12.0 Å². The Labute approximate surface area is 126 Å². The van der Waals surface area contributed by atoms with E-state index in [-0.39, 0.29) is 11.8 Å². The number of nitrogens with zero attached hydrogens (tertiary/aromatic N) is 1. The minimum Gasteiger partial charge on any atom is -0.497 e. The summed E-state index contributed by atoms with van der Waals surface area (Å²) >= 11 is 0. The van der Waals surface area contributed by atoms with Crippen LogP contribution in [-0.2, 0) is 4.79 Å². The molecule has 1 aliphatic heterocycles. The molecule has 1 amide bonds. The molecule has 1 saturated heterocycles. The molecule has 1 fully saturated rings. The fourth-order valence-corrected chi connectivity index (χ4v) is 2.46. The van der Waals surface area contributed by atoms with Gasteiger partial charge >= 0.3 is 0 Å². The van der Waals surface area contributed by atoms with Crippen LogP contribution in [0.1, 0.15) is 12.8 Å². The van der Waals surface area contributed by atoms with Gasteiger partial charge in [0.1, 0.15) is 18.1 Å². The standard InChI is InChI=1S/C16H24N2O3/c1-18(16(19)13-4-3-9-17-12-13)10-11-21-15-7-5-14(20-2)6-8-15/h5-8,13,17H,3-4,9-12H2,1-2H3/t13-/m0/s1. The van der Waals surface area contributed by atoms with Crippen molar-refractivity contribution >= 4 is 5.91 Å². The van der Waals surface area contributed by atoms with Crippen LogP contribution in [0.2, 0.25) is 0 Å². The van der Waals surface area contributed by atoms with E-state index in [2.05, 4.69) is 5.32 Å². The first kappa shape index (κ1) is 15.6. The SMILES string of the molecule is COc1ccc(OCCN(C)C(=O)[C@H]2CCCNC2)cc1. The van der Waals surface area contributed by atoms with Crippen LogP contribution < -0.4 is 14.8 Å². The van der Waals surface area contributed by atoms with E-state index in [1.807, 2.05) is 31.3 Å². The first-order valence-corrected chi connectivity index (χ1v) is 7.43. The number of piperidine rings is 1. The van der Waals surface area contributed by atoms with E-state index in [0.29, 0.717) is 13.2 Å². The van der Waals surface area contributed by atoms with Crippen LogP contribution in [0.15, 0.2) is 24.3 Å². The first-order chi connectivity index (χ1) is 10.2. The normalized spacial score (nSPS) is 18.1. The maximum atomic E-state index is 12.2. The van der Waals surface area contributed by atoms with Gasteiger partial charge in [0.15, 0.2) is 0 Å². The molecule has 1 heterocycles. The topological polar surface area (TPSA) is 50.8 Å². The van der Waals surface area contributed by atoms with Crippen molar-refractivity contribution in [1.29, 1.82) is 0 Å². The van der Waals surface area contributed by atoms with Crippen LogP contribution in [0, 0.1) is 5.92 Å². The highest BCUT2D eigenvalue weighted by atomic mass is 16.5. The van der Waals surface area contributed by atoms with Gasteiger partial charge in [-0.05, 0) is 43.7 Å². The molecule has 5 nitrogen and oxygen atoms in total. The largest absolute Gasteiger partial charge is 0.497 e. The molecular formula is C16H24N2O3. The Morgan fingerprint density at radius 3 is 2.67 bits per heavy atom. The summed E-state index contributed by atoms with van der Waals surface area (Å²) < 4.78 is 10.7. The summed E-state index contributed by atoms with van der Waals surface area (Å²) in [6.45, 7) is 2.91. The fraction of sp³-hybridized carbons (Fsp3) is 0.562. The second kappa shape index (κ2) is 7.88. The van der Waals surface area contributed by atoms with Gasteiger partial charge in [-0.25, -0.2) is 0 Å². The zero-order valence-electron chi connectivity index (χ0n) is 12.8. The number of rotatable bonds is 6. The second-order valence-corrected chi connectivity index (χ2v) is 5.33.